The number of nitrogens with two attached hydrogens (primary N) is 1. The van der Waals surface area contributed by atoms with Gasteiger partial charge in [0, 0.05) is 23.0 Å². The molecule has 1 aliphatic heterocycles. The summed E-state index contributed by atoms with van der Waals surface area (Å²) in [5.74, 6) is -0.236. The van der Waals surface area contributed by atoms with Gasteiger partial charge in [0.2, 0.25) is 15.9 Å². The summed E-state index contributed by atoms with van der Waals surface area (Å²) in [5.41, 5.74) is 2.28. The minimum atomic E-state index is -3.72. The zero-order valence-electron chi connectivity index (χ0n) is 18.9. The first-order valence-corrected chi connectivity index (χ1v) is 14.2. The van der Waals surface area contributed by atoms with Gasteiger partial charge >= 0.3 is 0 Å². The van der Waals surface area contributed by atoms with Gasteiger partial charge in [0.1, 0.15) is 0 Å². The Hall–Kier alpha value is -2.34. The number of rotatable bonds is 7. The summed E-state index contributed by atoms with van der Waals surface area (Å²) in [6.07, 6.45) is 3.29. The van der Waals surface area contributed by atoms with Crippen LogP contribution in [0.15, 0.2) is 53.4 Å². The predicted molar refractivity (Wildman–Crippen MR) is 140 cm³/mol. The van der Waals surface area contributed by atoms with E-state index < -0.39 is 10.0 Å². The van der Waals surface area contributed by atoms with Crippen LogP contribution in [0.25, 0.3) is 0 Å². The molecule has 0 aromatic heterocycles. The Balaban J connectivity index is 1.30. The van der Waals surface area contributed by atoms with Crippen molar-refractivity contribution in [1.82, 2.24) is 15.5 Å². The molecule has 2 fully saturated rings. The number of fused-ring (bicyclic) bond motifs is 1. The number of amides is 2. The van der Waals surface area contributed by atoms with Gasteiger partial charge in [-0.15, -0.1) is 0 Å². The van der Waals surface area contributed by atoms with Crippen molar-refractivity contribution >= 4 is 55.1 Å². The quantitative estimate of drug-likeness (QED) is 0.343. The molecule has 0 radical (unpaired) electrons. The highest BCUT2D eigenvalue weighted by molar-refractivity contribution is 9.09. The molecular weight excluding hydrogens is 552 g/mol. The lowest BCUT2D eigenvalue weighted by molar-refractivity contribution is -0.135. The van der Waals surface area contributed by atoms with Gasteiger partial charge in [0.05, 0.1) is 17.4 Å². The van der Waals surface area contributed by atoms with E-state index in [4.69, 9.17) is 17.4 Å². The molecule has 3 atom stereocenters. The summed E-state index contributed by atoms with van der Waals surface area (Å²) in [4.78, 5) is 27.6. The molecule has 1 heterocycles. The second-order valence-corrected chi connectivity index (χ2v) is 12.1. The highest BCUT2D eigenvalue weighted by atomic mass is 79.9. The summed E-state index contributed by atoms with van der Waals surface area (Å²) in [6, 6.07) is 13.5. The third kappa shape index (κ3) is 6.27. The third-order valence-corrected chi connectivity index (χ3v) is 8.53. The molecule has 2 aromatic rings. The number of hydrogen-bond donors (Lipinski definition) is 3. The molecule has 4 N–H and O–H groups in total. The van der Waals surface area contributed by atoms with Crippen LogP contribution in [0, 0.1) is 5.92 Å². The van der Waals surface area contributed by atoms with Crippen LogP contribution in [0.3, 0.4) is 0 Å². The molecule has 1 aliphatic carbocycles. The Kier molecular flexibility index (Phi) is 7.89. The van der Waals surface area contributed by atoms with Crippen LogP contribution in [0.5, 0.6) is 0 Å². The van der Waals surface area contributed by atoms with Crippen molar-refractivity contribution in [2.45, 2.75) is 48.0 Å². The number of alkyl halides is 1. The van der Waals surface area contributed by atoms with Crippen molar-refractivity contribution in [3.63, 3.8) is 0 Å². The van der Waals surface area contributed by atoms with Crippen molar-refractivity contribution in [2.75, 3.05) is 6.54 Å². The Morgan fingerprint density at radius 2 is 1.77 bits per heavy atom. The smallest absolute Gasteiger partial charge is 0.251 e. The van der Waals surface area contributed by atoms with Gasteiger partial charge in [-0.25, -0.2) is 13.6 Å². The first kappa shape index (κ1) is 25.7. The third-order valence-electron chi connectivity index (χ3n) is 6.43. The Labute approximate surface area is 218 Å². The Bertz CT molecular complexity index is 1220. The second-order valence-electron chi connectivity index (χ2n) is 8.89. The molecule has 0 spiro atoms. The van der Waals surface area contributed by atoms with Crippen molar-refractivity contribution < 1.29 is 18.0 Å². The number of primary sulfonamides is 1. The molecule has 1 saturated carbocycles. The van der Waals surface area contributed by atoms with Crippen molar-refractivity contribution in [3.8, 4) is 0 Å². The summed E-state index contributed by atoms with van der Waals surface area (Å²) in [5, 5.41) is 11.8. The maximum absolute atomic E-state index is 13.1. The summed E-state index contributed by atoms with van der Waals surface area (Å²) < 4.78 is 22.7. The number of carbonyl (C=O) groups excluding carboxylic acids is 2. The molecule has 4 rings (SSSR count). The molecule has 2 aromatic carbocycles. The fourth-order valence-corrected chi connectivity index (χ4v) is 5.95. The van der Waals surface area contributed by atoms with E-state index in [1.807, 2.05) is 12.1 Å². The SMILES string of the molecule is NS(=O)(=O)c1ccc(CCNC(=O)c2ccc(CN3C(=O)C4CC(Br)CCC4NC3=S)cc2)cc1. The zero-order chi connectivity index (χ0) is 25.2. The number of carbonyl (C=O) groups is 2. The van der Waals surface area contributed by atoms with Crippen LogP contribution in [0.1, 0.15) is 40.7 Å². The lowest BCUT2D eigenvalue weighted by Crippen LogP contribution is -2.61. The number of thiocarbonyl (C=S) groups is 1. The van der Waals surface area contributed by atoms with E-state index in [9.17, 15) is 18.0 Å². The fraction of sp³-hybridized carbons (Fsp3) is 0.375. The molecule has 1 saturated heterocycles. The van der Waals surface area contributed by atoms with Crippen molar-refractivity contribution in [3.05, 3.63) is 65.2 Å². The van der Waals surface area contributed by atoms with Gasteiger partial charge in [-0.1, -0.05) is 40.2 Å². The van der Waals surface area contributed by atoms with Crippen molar-refractivity contribution in [1.29, 1.82) is 0 Å². The van der Waals surface area contributed by atoms with E-state index in [1.165, 1.54) is 12.1 Å². The average molecular weight is 580 g/mol. The normalized spacial score (nSPS) is 22.3. The second kappa shape index (κ2) is 10.7. The number of hydrogen-bond acceptors (Lipinski definition) is 5. The van der Waals surface area contributed by atoms with E-state index in [2.05, 4.69) is 26.6 Å². The lowest BCUT2D eigenvalue weighted by Gasteiger charge is -2.43. The number of nitrogens with zero attached hydrogens (tertiary/aromatic N) is 1. The number of sulfonamides is 1. The highest BCUT2D eigenvalue weighted by Gasteiger charge is 2.42. The molecular formula is C24H27BrN4O4S2. The first-order valence-electron chi connectivity index (χ1n) is 11.4. The van der Waals surface area contributed by atoms with Gasteiger partial charge in [-0.05, 0) is 73.3 Å². The minimum Gasteiger partial charge on any atom is -0.359 e. The van der Waals surface area contributed by atoms with Crippen molar-refractivity contribution in [2.24, 2.45) is 11.1 Å². The summed E-state index contributed by atoms with van der Waals surface area (Å²) >= 11 is 9.11. The average Bonchev–Trinajstić information content (AvgIpc) is 2.82. The molecule has 186 valence electrons. The van der Waals surface area contributed by atoms with E-state index >= 15 is 0 Å². The van der Waals surface area contributed by atoms with Gasteiger partial charge in [-0.2, -0.15) is 0 Å². The molecule has 8 nitrogen and oxygen atoms in total. The first-order chi connectivity index (χ1) is 16.6. The van der Waals surface area contributed by atoms with Crippen LogP contribution in [0.4, 0.5) is 0 Å². The van der Waals surface area contributed by atoms with E-state index in [0.29, 0.717) is 35.0 Å². The highest BCUT2D eigenvalue weighted by Crippen LogP contribution is 2.33. The lowest BCUT2D eigenvalue weighted by atomic mass is 9.82. The topological polar surface area (TPSA) is 122 Å². The molecule has 35 heavy (non-hydrogen) atoms. The largest absolute Gasteiger partial charge is 0.359 e. The monoisotopic (exact) mass is 578 g/mol. The molecule has 0 bridgehead atoms. The van der Waals surface area contributed by atoms with Gasteiger partial charge in [0.25, 0.3) is 5.91 Å². The zero-order valence-corrected chi connectivity index (χ0v) is 22.2. The van der Waals surface area contributed by atoms with E-state index in [-0.39, 0.29) is 28.7 Å². The van der Waals surface area contributed by atoms with Gasteiger partial charge in [-0.3, -0.25) is 14.5 Å². The fourth-order valence-electron chi connectivity index (χ4n) is 4.46. The Morgan fingerprint density at radius 3 is 2.43 bits per heavy atom. The summed E-state index contributed by atoms with van der Waals surface area (Å²) in [7, 11) is -3.72. The number of benzene rings is 2. The van der Waals surface area contributed by atoms with Crippen LogP contribution < -0.4 is 15.8 Å². The number of halogens is 1. The maximum Gasteiger partial charge on any atom is 0.251 e. The van der Waals surface area contributed by atoms with E-state index in [0.717, 1.165) is 30.4 Å². The van der Waals surface area contributed by atoms with Crippen LogP contribution in [0.2, 0.25) is 0 Å². The van der Waals surface area contributed by atoms with Crippen LogP contribution in [-0.4, -0.2) is 47.7 Å². The van der Waals surface area contributed by atoms with E-state index in [1.54, 1.807) is 29.2 Å². The molecule has 2 amide bonds. The predicted octanol–water partition coefficient (Wildman–Crippen LogP) is 2.46. The maximum atomic E-state index is 13.1. The van der Waals surface area contributed by atoms with Crippen LogP contribution >= 0.6 is 28.1 Å². The minimum absolute atomic E-state index is 0.0547. The summed E-state index contributed by atoms with van der Waals surface area (Å²) in [6.45, 7) is 0.756. The van der Waals surface area contributed by atoms with Crippen LogP contribution in [-0.2, 0) is 27.8 Å². The Morgan fingerprint density at radius 1 is 1.11 bits per heavy atom. The molecule has 3 unspecified atom stereocenters. The van der Waals surface area contributed by atoms with Gasteiger partial charge < -0.3 is 10.6 Å². The molecule has 2 aliphatic rings. The van der Waals surface area contributed by atoms with Gasteiger partial charge in [0.15, 0.2) is 5.11 Å². The standard InChI is InChI=1S/C24H27BrN4O4S2/c25-18-7-10-21-20(13-18)23(31)29(24(34)28-21)14-16-1-5-17(6-2-16)22(30)27-12-11-15-3-8-19(9-4-15)35(26,32)33/h1-6,8-9,18,20-21H,7,10-14H2,(H,27,30)(H,28,34)(H2,26,32,33). The molecule has 11 heteroatoms. The number of nitrogens with one attached hydrogen (secondary N) is 2.